The molecule has 0 spiro atoms. The molecular weight excluding hydrogens is 524 g/mol. The fourth-order valence-corrected chi connectivity index (χ4v) is 5.12. The Kier molecular flexibility index (Phi) is 9.46. The zero-order chi connectivity index (χ0) is 28.7. The first-order chi connectivity index (χ1) is 19.2. The van der Waals surface area contributed by atoms with E-state index >= 15 is 0 Å². The highest BCUT2D eigenvalue weighted by Crippen LogP contribution is 2.32. The van der Waals surface area contributed by atoms with Gasteiger partial charge in [0, 0.05) is 29.7 Å². The monoisotopic (exact) mass is 558 g/mol. The van der Waals surface area contributed by atoms with Crippen molar-refractivity contribution < 1.29 is 27.1 Å². The molecule has 1 aromatic heterocycles. The van der Waals surface area contributed by atoms with E-state index in [-0.39, 0.29) is 29.9 Å². The SMILES string of the molecule is CNC(=O)c1ccc(NCC#Cc2cc3c(N[C@@H]4CCC[C@@H](C)CC4)cccc3n2CC(F)(F)F)c(OCF)c1. The molecule has 214 valence electrons. The lowest BCUT2D eigenvalue weighted by atomic mass is 10.0. The highest BCUT2D eigenvalue weighted by molar-refractivity contribution is 5.95. The normalized spacial score (nSPS) is 17.4. The molecule has 40 heavy (non-hydrogen) atoms. The first-order valence-electron chi connectivity index (χ1n) is 13.4. The van der Waals surface area contributed by atoms with Crippen molar-refractivity contribution in [2.75, 3.05) is 31.1 Å². The number of anilines is 2. The molecule has 1 amide bonds. The van der Waals surface area contributed by atoms with Gasteiger partial charge in [-0.15, -0.1) is 0 Å². The zero-order valence-corrected chi connectivity index (χ0v) is 22.6. The maximum Gasteiger partial charge on any atom is 0.406 e. The maximum absolute atomic E-state index is 13.6. The molecule has 0 aliphatic heterocycles. The highest BCUT2D eigenvalue weighted by atomic mass is 19.4. The number of hydrogen-bond donors (Lipinski definition) is 3. The van der Waals surface area contributed by atoms with Crippen LogP contribution in [-0.4, -0.2) is 43.1 Å². The van der Waals surface area contributed by atoms with Crippen LogP contribution in [-0.2, 0) is 6.54 Å². The molecule has 6 nitrogen and oxygen atoms in total. The molecular formula is C30H34F4N4O2. The van der Waals surface area contributed by atoms with Gasteiger partial charge in [-0.25, -0.2) is 4.39 Å². The number of halogens is 4. The standard InChI is InChI=1S/C30H34F4N4O2/c1-20-6-3-7-22(13-11-20)37-25-9-4-10-27-24(25)17-23(38(27)18-30(32,33)34)8-5-15-36-26-14-12-21(29(39)35-2)16-28(26)40-19-31/h4,9-10,12,14,16-17,20,22,36-37H,3,6-7,11,13,15,18-19H2,1-2H3,(H,35,39)/t20-,22-/m1/s1. The second kappa shape index (κ2) is 13.0. The summed E-state index contributed by atoms with van der Waals surface area (Å²) in [5.41, 5.74) is 2.21. The van der Waals surface area contributed by atoms with Gasteiger partial charge < -0.3 is 25.3 Å². The third kappa shape index (κ3) is 7.40. The summed E-state index contributed by atoms with van der Waals surface area (Å²) >= 11 is 0. The van der Waals surface area contributed by atoms with Crippen LogP contribution in [0.3, 0.4) is 0 Å². The summed E-state index contributed by atoms with van der Waals surface area (Å²) < 4.78 is 59.8. The van der Waals surface area contributed by atoms with Crippen LogP contribution in [0, 0.1) is 17.8 Å². The largest absolute Gasteiger partial charge is 0.461 e. The van der Waals surface area contributed by atoms with E-state index in [1.54, 1.807) is 30.3 Å². The Morgan fingerprint density at radius 1 is 1.10 bits per heavy atom. The fourth-order valence-electron chi connectivity index (χ4n) is 5.12. The third-order valence-electron chi connectivity index (χ3n) is 7.16. The Morgan fingerprint density at radius 3 is 2.67 bits per heavy atom. The molecule has 1 fully saturated rings. The average Bonchev–Trinajstić information content (AvgIpc) is 3.12. The van der Waals surface area contributed by atoms with Crippen LogP contribution < -0.4 is 20.7 Å². The van der Waals surface area contributed by atoms with Gasteiger partial charge in [-0.05, 0) is 67.5 Å². The van der Waals surface area contributed by atoms with E-state index in [4.69, 9.17) is 4.74 Å². The summed E-state index contributed by atoms with van der Waals surface area (Å²) in [5, 5.41) is 9.76. The quantitative estimate of drug-likeness (QED) is 0.163. The molecule has 1 aliphatic carbocycles. The van der Waals surface area contributed by atoms with Crippen molar-refractivity contribution >= 4 is 28.2 Å². The molecule has 0 saturated heterocycles. The number of benzene rings is 2. The van der Waals surface area contributed by atoms with Gasteiger partial charge in [0.2, 0.25) is 6.86 Å². The van der Waals surface area contributed by atoms with E-state index in [1.165, 1.54) is 24.1 Å². The highest BCUT2D eigenvalue weighted by Gasteiger charge is 2.30. The molecule has 2 aromatic carbocycles. The Bertz CT molecular complexity index is 1390. The number of carbonyl (C=O) groups is 1. The Hall–Kier alpha value is -3.87. The number of carbonyl (C=O) groups excluding carboxylic acids is 1. The lowest BCUT2D eigenvalue weighted by molar-refractivity contribution is -0.140. The summed E-state index contributed by atoms with van der Waals surface area (Å²) in [4.78, 5) is 11.9. The van der Waals surface area contributed by atoms with Gasteiger partial charge in [-0.3, -0.25) is 4.79 Å². The predicted octanol–water partition coefficient (Wildman–Crippen LogP) is 6.71. The number of nitrogens with one attached hydrogen (secondary N) is 3. The van der Waals surface area contributed by atoms with E-state index in [0.29, 0.717) is 28.1 Å². The Balaban J connectivity index is 1.58. The predicted molar refractivity (Wildman–Crippen MR) is 149 cm³/mol. The van der Waals surface area contributed by atoms with Gasteiger partial charge in [0.1, 0.15) is 12.3 Å². The lowest BCUT2D eigenvalue weighted by Crippen LogP contribution is -2.19. The van der Waals surface area contributed by atoms with E-state index in [2.05, 4.69) is 34.7 Å². The topological polar surface area (TPSA) is 67.3 Å². The summed E-state index contributed by atoms with van der Waals surface area (Å²) in [6.45, 7) is 0.0644. The number of nitrogens with zero attached hydrogens (tertiary/aromatic N) is 1. The van der Waals surface area contributed by atoms with E-state index in [9.17, 15) is 22.4 Å². The van der Waals surface area contributed by atoms with Crippen LogP contribution in [0.15, 0.2) is 42.5 Å². The maximum atomic E-state index is 13.6. The molecule has 2 atom stereocenters. The summed E-state index contributed by atoms with van der Waals surface area (Å²) in [7, 11) is 1.48. The molecule has 0 unspecified atom stereocenters. The molecule has 1 saturated carbocycles. The summed E-state index contributed by atoms with van der Waals surface area (Å²) in [6, 6.07) is 11.8. The minimum absolute atomic E-state index is 0.0564. The van der Waals surface area contributed by atoms with E-state index < -0.39 is 19.6 Å². The Morgan fingerprint density at radius 2 is 1.93 bits per heavy atom. The van der Waals surface area contributed by atoms with Crippen molar-refractivity contribution in [1.82, 2.24) is 9.88 Å². The smallest absolute Gasteiger partial charge is 0.406 e. The van der Waals surface area contributed by atoms with Gasteiger partial charge in [0.15, 0.2) is 0 Å². The Labute approximate surface area is 231 Å². The molecule has 0 bridgehead atoms. The van der Waals surface area contributed by atoms with Crippen molar-refractivity contribution in [3.63, 3.8) is 0 Å². The van der Waals surface area contributed by atoms with Crippen LogP contribution in [0.2, 0.25) is 0 Å². The minimum atomic E-state index is -4.42. The van der Waals surface area contributed by atoms with Crippen LogP contribution in [0.5, 0.6) is 5.75 Å². The molecule has 3 aromatic rings. The third-order valence-corrected chi connectivity index (χ3v) is 7.16. The van der Waals surface area contributed by atoms with Crippen molar-refractivity contribution in [3.8, 4) is 17.6 Å². The van der Waals surface area contributed by atoms with Crippen molar-refractivity contribution in [1.29, 1.82) is 0 Å². The number of fused-ring (bicyclic) bond motifs is 1. The van der Waals surface area contributed by atoms with Crippen LogP contribution in [0.25, 0.3) is 10.9 Å². The van der Waals surface area contributed by atoms with Crippen LogP contribution >= 0.6 is 0 Å². The van der Waals surface area contributed by atoms with Crippen molar-refractivity contribution in [3.05, 3.63) is 53.7 Å². The molecule has 10 heteroatoms. The number of aromatic nitrogens is 1. The van der Waals surface area contributed by atoms with Gasteiger partial charge in [0.25, 0.3) is 5.91 Å². The van der Waals surface area contributed by atoms with Gasteiger partial charge in [-0.2, -0.15) is 13.2 Å². The van der Waals surface area contributed by atoms with Crippen LogP contribution in [0.1, 0.15) is 55.1 Å². The lowest BCUT2D eigenvalue weighted by Gasteiger charge is -2.19. The molecule has 4 rings (SSSR count). The van der Waals surface area contributed by atoms with Gasteiger partial charge >= 0.3 is 6.18 Å². The fraction of sp³-hybridized carbons (Fsp3) is 0.433. The average molecular weight is 559 g/mol. The van der Waals surface area contributed by atoms with Crippen molar-refractivity contribution in [2.45, 2.75) is 57.8 Å². The van der Waals surface area contributed by atoms with E-state index in [1.807, 2.05) is 6.07 Å². The molecule has 1 heterocycles. The molecule has 0 radical (unpaired) electrons. The second-order valence-corrected chi connectivity index (χ2v) is 10.1. The number of hydrogen-bond acceptors (Lipinski definition) is 4. The van der Waals surface area contributed by atoms with E-state index in [0.717, 1.165) is 31.4 Å². The van der Waals surface area contributed by atoms with Gasteiger partial charge in [0.05, 0.1) is 23.4 Å². The molecule has 3 N–H and O–H groups in total. The molecule has 1 aliphatic rings. The first-order valence-corrected chi connectivity index (χ1v) is 13.4. The van der Waals surface area contributed by atoms with Gasteiger partial charge in [-0.1, -0.05) is 31.8 Å². The summed E-state index contributed by atoms with van der Waals surface area (Å²) in [5.74, 6) is 6.20. The number of rotatable bonds is 8. The number of ether oxygens (including phenoxy) is 1. The number of amides is 1. The summed E-state index contributed by atoms with van der Waals surface area (Å²) in [6.07, 6.45) is 1.07. The second-order valence-electron chi connectivity index (χ2n) is 10.1. The minimum Gasteiger partial charge on any atom is -0.461 e. The van der Waals surface area contributed by atoms with Crippen LogP contribution in [0.4, 0.5) is 28.9 Å². The zero-order valence-electron chi connectivity index (χ0n) is 22.6. The number of alkyl halides is 4. The first kappa shape index (κ1) is 29.1. The van der Waals surface area contributed by atoms with Crippen molar-refractivity contribution in [2.24, 2.45) is 5.92 Å².